The molecule has 0 aromatic heterocycles. The molecule has 1 aliphatic heterocycles. The van der Waals surface area contributed by atoms with Gasteiger partial charge in [-0.1, -0.05) is 23.7 Å². The number of hydrogen-bond acceptors (Lipinski definition) is 10. The third-order valence-corrected chi connectivity index (χ3v) is 5.10. The Hall–Kier alpha value is -0.360. The molecule has 16 heteroatoms. The van der Waals surface area contributed by atoms with Crippen molar-refractivity contribution in [3.8, 4) is 0 Å². The Morgan fingerprint density at radius 3 is 2.19 bits per heavy atom. The van der Waals surface area contributed by atoms with Gasteiger partial charge in [-0.15, -0.1) is 0 Å². The summed E-state index contributed by atoms with van der Waals surface area (Å²) >= 11 is 5.85. The van der Waals surface area contributed by atoms with Crippen molar-refractivity contribution in [2.24, 2.45) is 0 Å². The van der Waals surface area contributed by atoms with Crippen molar-refractivity contribution in [3.05, 3.63) is 34.9 Å². The molecule has 0 unspecified atom stereocenters. The maximum Gasteiger partial charge on any atom is 1.00 e. The summed E-state index contributed by atoms with van der Waals surface area (Å²) in [5, 5.41) is 0.367. The Bertz CT molecular complexity index is 970. The smallest absolute Gasteiger partial charge is 0.456 e. The van der Waals surface area contributed by atoms with Gasteiger partial charge in [-0.2, -0.15) is 16.8 Å². The number of ether oxygens (including phenoxy) is 3. The number of esters is 1. The third-order valence-electron chi connectivity index (χ3n) is 3.93. The minimum Gasteiger partial charge on any atom is -0.456 e. The molecule has 1 aromatic carbocycles. The Morgan fingerprint density at radius 1 is 1.10 bits per heavy atom. The molecule has 1 heterocycles. The van der Waals surface area contributed by atoms with Gasteiger partial charge in [0, 0.05) is 12.1 Å². The summed E-state index contributed by atoms with van der Waals surface area (Å²) in [5.74, 6) is -0.872. The number of methoxy groups -OCH3 is 1. The number of hydrogen-bond donors (Lipinski definition) is 2. The molecule has 0 saturated carbocycles. The van der Waals surface area contributed by atoms with E-state index in [1.165, 1.54) is 13.0 Å². The summed E-state index contributed by atoms with van der Waals surface area (Å²) in [5.41, 5.74) is 0.477. The van der Waals surface area contributed by atoms with Crippen molar-refractivity contribution in [3.63, 3.8) is 0 Å². The van der Waals surface area contributed by atoms with Crippen molar-refractivity contribution in [2.75, 3.05) is 7.11 Å². The fourth-order valence-corrected chi connectivity index (χ4v) is 4.02. The van der Waals surface area contributed by atoms with Gasteiger partial charge >= 0.3 is 56.3 Å². The zero-order valence-electron chi connectivity index (χ0n) is 16.6. The van der Waals surface area contributed by atoms with E-state index in [-0.39, 0.29) is 36.0 Å². The molecule has 1 fully saturated rings. The standard InChI is InChI=1S/C15H19ClO12S2.Na/c1-8-12(26-11(17)7-9-4-3-5-10(16)6-9)13(27-29(18,19)20)14(15(24-2)25-8)28-30(21,22)23;/h3-6,8,12-15H,7H2,1-2H3,(H,18,19,20)(H,21,22,23);/q;+1/t8-,12-,13+,14+,15+;/m0./s1. The molecule has 170 valence electrons. The minimum absolute atomic E-state index is 0. The van der Waals surface area contributed by atoms with Gasteiger partial charge in [0.2, 0.25) is 0 Å². The Morgan fingerprint density at radius 2 is 1.68 bits per heavy atom. The van der Waals surface area contributed by atoms with Crippen LogP contribution < -0.4 is 29.6 Å². The maximum atomic E-state index is 12.4. The fourth-order valence-electron chi connectivity index (χ4n) is 2.83. The van der Waals surface area contributed by atoms with Gasteiger partial charge in [0.1, 0.15) is 0 Å². The first-order valence-corrected chi connectivity index (χ1v) is 11.3. The summed E-state index contributed by atoms with van der Waals surface area (Å²) in [6.07, 6.45) is -8.40. The van der Waals surface area contributed by atoms with Crippen LogP contribution in [0.3, 0.4) is 0 Å². The van der Waals surface area contributed by atoms with Crippen LogP contribution in [0, 0.1) is 0 Å². The van der Waals surface area contributed by atoms with Gasteiger partial charge in [0.05, 0.1) is 12.5 Å². The number of rotatable bonds is 8. The topological polar surface area (TPSA) is 172 Å². The van der Waals surface area contributed by atoms with E-state index in [0.717, 1.165) is 7.11 Å². The summed E-state index contributed by atoms with van der Waals surface area (Å²) in [4.78, 5) is 12.4. The van der Waals surface area contributed by atoms with E-state index in [2.05, 4.69) is 8.37 Å². The van der Waals surface area contributed by atoms with Gasteiger partial charge in [-0.25, -0.2) is 8.37 Å². The first-order chi connectivity index (χ1) is 13.8. The normalized spacial score (nSPS) is 26.7. The van der Waals surface area contributed by atoms with E-state index in [9.17, 15) is 21.6 Å². The Balaban J connectivity index is 0.00000480. The SMILES string of the molecule is CO[C@@H]1O[C@@H](C)[C@H](OC(=O)Cc2cccc(Cl)c2)[C@@H](OS(=O)(=O)O)[C@H]1OS(=O)(=O)O.[Na+]. The quantitative estimate of drug-likeness (QED) is 0.214. The second-order valence-corrected chi connectivity index (χ2v) is 8.72. The largest absolute Gasteiger partial charge is 1.00 e. The van der Waals surface area contributed by atoms with Gasteiger partial charge in [-0.3, -0.25) is 13.9 Å². The molecule has 2 rings (SSSR count). The first-order valence-electron chi connectivity index (χ1n) is 8.22. The van der Waals surface area contributed by atoms with E-state index in [0.29, 0.717) is 10.6 Å². The number of carbonyl (C=O) groups excluding carboxylic acids is 1. The zero-order valence-corrected chi connectivity index (χ0v) is 21.0. The summed E-state index contributed by atoms with van der Waals surface area (Å²) in [7, 11) is -9.25. The molecule has 0 aliphatic carbocycles. The van der Waals surface area contributed by atoms with Gasteiger partial charge in [-0.05, 0) is 24.6 Å². The van der Waals surface area contributed by atoms with Crippen molar-refractivity contribution in [2.45, 2.75) is 44.1 Å². The fraction of sp³-hybridized carbons (Fsp3) is 0.533. The van der Waals surface area contributed by atoms with Crippen LogP contribution in [0.25, 0.3) is 0 Å². The van der Waals surface area contributed by atoms with E-state index in [1.54, 1.807) is 18.2 Å². The van der Waals surface area contributed by atoms with E-state index < -0.39 is 57.5 Å². The molecule has 0 radical (unpaired) electrons. The molecule has 5 atom stereocenters. The summed E-state index contributed by atoms with van der Waals surface area (Å²) in [6.45, 7) is 1.35. The van der Waals surface area contributed by atoms with Crippen LogP contribution in [0.5, 0.6) is 0 Å². The van der Waals surface area contributed by atoms with E-state index in [1.807, 2.05) is 0 Å². The molecule has 0 spiro atoms. The molecule has 0 bridgehead atoms. The van der Waals surface area contributed by atoms with Gasteiger partial charge in [0.15, 0.2) is 24.6 Å². The number of benzene rings is 1. The molecule has 1 aliphatic rings. The molecule has 2 N–H and O–H groups in total. The van der Waals surface area contributed by atoms with Crippen molar-refractivity contribution in [1.29, 1.82) is 0 Å². The molecular formula is C15H19ClNaO12S2+. The number of halogens is 1. The molecule has 31 heavy (non-hydrogen) atoms. The Kier molecular flexibility index (Phi) is 10.8. The summed E-state index contributed by atoms with van der Waals surface area (Å²) in [6, 6.07) is 6.28. The molecule has 0 amide bonds. The molecule has 12 nitrogen and oxygen atoms in total. The zero-order chi connectivity index (χ0) is 22.7. The molecule has 1 saturated heterocycles. The summed E-state index contributed by atoms with van der Waals surface area (Å²) < 4.78 is 87.4. The maximum absolute atomic E-state index is 12.4. The van der Waals surface area contributed by atoms with Crippen LogP contribution in [-0.4, -0.2) is 69.7 Å². The van der Waals surface area contributed by atoms with Crippen LogP contribution in [0.1, 0.15) is 12.5 Å². The minimum atomic E-state index is -5.18. The monoisotopic (exact) mass is 513 g/mol. The van der Waals surface area contributed by atoms with Crippen LogP contribution in [-0.2, 0) is 54.6 Å². The second kappa shape index (κ2) is 11.7. The van der Waals surface area contributed by atoms with Gasteiger partial charge in [0.25, 0.3) is 0 Å². The van der Waals surface area contributed by atoms with Crippen molar-refractivity contribution < 1.29 is 82.9 Å². The third kappa shape index (κ3) is 9.19. The van der Waals surface area contributed by atoms with Gasteiger partial charge < -0.3 is 14.2 Å². The van der Waals surface area contributed by atoms with E-state index in [4.69, 9.17) is 34.9 Å². The number of carbonyl (C=O) groups is 1. The second-order valence-electron chi connectivity index (χ2n) is 6.18. The van der Waals surface area contributed by atoms with Crippen LogP contribution >= 0.6 is 11.6 Å². The first kappa shape index (κ1) is 28.7. The predicted molar refractivity (Wildman–Crippen MR) is 99.2 cm³/mol. The average Bonchev–Trinajstić information content (AvgIpc) is 2.58. The average molecular weight is 514 g/mol. The molecular weight excluding hydrogens is 495 g/mol. The van der Waals surface area contributed by atoms with Crippen molar-refractivity contribution in [1.82, 2.24) is 0 Å². The van der Waals surface area contributed by atoms with Crippen LogP contribution in [0.15, 0.2) is 24.3 Å². The Labute approximate surface area is 206 Å². The van der Waals surface area contributed by atoms with Crippen LogP contribution in [0.2, 0.25) is 5.02 Å². The van der Waals surface area contributed by atoms with Crippen molar-refractivity contribution >= 4 is 38.4 Å². The van der Waals surface area contributed by atoms with E-state index >= 15 is 0 Å². The predicted octanol–water partition coefficient (Wildman–Crippen LogP) is -2.43. The molecule has 1 aromatic rings. The van der Waals surface area contributed by atoms with Crippen LogP contribution in [0.4, 0.5) is 0 Å².